The second kappa shape index (κ2) is 13.9. The first-order valence-electron chi connectivity index (χ1n) is 9.91. The summed E-state index contributed by atoms with van der Waals surface area (Å²) in [4.78, 5) is 20.0. The molecule has 1 aliphatic carbocycles. The van der Waals surface area contributed by atoms with Crippen LogP contribution in [0.1, 0.15) is 66.7 Å². The van der Waals surface area contributed by atoms with Crippen LogP contribution in [0.25, 0.3) is 0 Å². The number of hydrogen-bond donors (Lipinski definition) is 2. The number of carbonyl (C=O) groups excluding carboxylic acids is 1. The van der Waals surface area contributed by atoms with E-state index < -0.39 is 5.97 Å². The second-order valence-corrected chi connectivity index (χ2v) is 7.87. The lowest BCUT2D eigenvalue weighted by Gasteiger charge is -2.32. The summed E-state index contributed by atoms with van der Waals surface area (Å²) in [5.74, 6) is -0.773. The van der Waals surface area contributed by atoms with Crippen molar-refractivity contribution in [1.82, 2.24) is 0 Å². The summed E-state index contributed by atoms with van der Waals surface area (Å²) >= 11 is 0. The minimum Gasteiger partial charge on any atom is -0.481 e. The Morgan fingerprint density at radius 3 is 2.32 bits per heavy atom. The summed E-state index contributed by atoms with van der Waals surface area (Å²) in [6, 6.07) is 0. The number of carbonyl (C=O) groups is 2. The van der Waals surface area contributed by atoms with Crippen molar-refractivity contribution < 1.29 is 14.7 Å². The molecule has 0 atom stereocenters. The smallest absolute Gasteiger partial charge is 0.303 e. The number of carboxylic acids is 1. The van der Waals surface area contributed by atoms with Gasteiger partial charge in [-0.25, -0.2) is 0 Å². The van der Waals surface area contributed by atoms with Gasteiger partial charge in [0.05, 0.1) is 0 Å². The van der Waals surface area contributed by atoms with Crippen LogP contribution in [0.3, 0.4) is 0 Å². The fraction of sp³-hybridized carbons (Fsp3) is 0.500. The molecule has 4 nitrogen and oxygen atoms in total. The number of nitrogens with two attached hydrogens (primary N) is 1. The molecule has 3 N–H and O–H groups in total. The summed E-state index contributed by atoms with van der Waals surface area (Å²) in [6.07, 6.45) is 17.4. The lowest BCUT2D eigenvalue weighted by Crippen LogP contribution is -2.19. The maximum absolute atomic E-state index is 10.3. The molecule has 0 aromatic carbocycles. The maximum atomic E-state index is 10.3. The van der Waals surface area contributed by atoms with Gasteiger partial charge < -0.3 is 10.8 Å². The van der Waals surface area contributed by atoms with E-state index >= 15 is 0 Å². The molecule has 1 aliphatic rings. The first kappa shape index (κ1) is 25.8. The zero-order valence-corrected chi connectivity index (χ0v) is 18.1. The molecule has 0 aliphatic heterocycles. The highest BCUT2D eigenvalue weighted by molar-refractivity contribution is 5.67. The van der Waals surface area contributed by atoms with Crippen LogP contribution >= 0.6 is 0 Å². The molecular formula is C24H37NO3. The van der Waals surface area contributed by atoms with Crippen molar-refractivity contribution in [1.29, 1.82) is 0 Å². The lowest BCUT2D eigenvalue weighted by molar-refractivity contribution is -0.137. The van der Waals surface area contributed by atoms with Crippen molar-refractivity contribution in [2.24, 2.45) is 11.1 Å². The van der Waals surface area contributed by atoms with Gasteiger partial charge in [0, 0.05) is 6.42 Å². The molecular weight excluding hydrogens is 350 g/mol. The summed E-state index contributed by atoms with van der Waals surface area (Å²) in [5, 5.41) is 7.99. The van der Waals surface area contributed by atoms with Gasteiger partial charge in [0.15, 0.2) is 0 Å². The summed E-state index contributed by atoms with van der Waals surface area (Å²) in [5.41, 5.74) is 10.5. The first-order valence-corrected chi connectivity index (χ1v) is 9.91. The molecule has 0 unspecified atom stereocenters. The van der Waals surface area contributed by atoms with Crippen LogP contribution < -0.4 is 5.73 Å². The van der Waals surface area contributed by atoms with Crippen LogP contribution in [0.5, 0.6) is 0 Å². The van der Waals surface area contributed by atoms with Crippen molar-refractivity contribution in [3.05, 3.63) is 58.7 Å². The predicted octanol–water partition coefficient (Wildman–Crippen LogP) is 5.53. The van der Waals surface area contributed by atoms with E-state index in [0.29, 0.717) is 13.0 Å². The van der Waals surface area contributed by atoms with Crippen LogP contribution in [0.2, 0.25) is 0 Å². The van der Waals surface area contributed by atoms with Gasteiger partial charge in [-0.1, -0.05) is 55.4 Å². The van der Waals surface area contributed by atoms with E-state index in [9.17, 15) is 9.59 Å². The molecule has 0 saturated heterocycles. The molecule has 0 saturated carbocycles. The molecule has 0 radical (unpaired) electrons. The van der Waals surface area contributed by atoms with Crippen molar-refractivity contribution in [3.8, 4) is 0 Å². The Hall–Kier alpha value is -2.20. The van der Waals surface area contributed by atoms with E-state index in [0.717, 1.165) is 11.9 Å². The van der Waals surface area contributed by atoms with E-state index in [1.807, 2.05) is 19.1 Å². The Morgan fingerprint density at radius 2 is 1.82 bits per heavy atom. The SMILES string of the molecule is CC1=C(/C=C/C(C)=C/C=C/C(C)=C/C=O)C(C)(C)CCC1.NCCCC(=O)O. The third-order valence-corrected chi connectivity index (χ3v) is 4.70. The molecule has 0 bridgehead atoms. The quantitative estimate of drug-likeness (QED) is 0.326. The van der Waals surface area contributed by atoms with Gasteiger partial charge in [-0.05, 0) is 75.6 Å². The third kappa shape index (κ3) is 11.5. The monoisotopic (exact) mass is 387 g/mol. The normalized spacial score (nSPS) is 17.6. The van der Waals surface area contributed by atoms with E-state index in [1.165, 1.54) is 36.0 Å². The van der Waals surface area contributed by atoms with Gasteiger partial charge in [-0.2, -0.15) is 0 Å². The highest BCUT2D eigenvalue weighted by Gasteiger charge is 2.26. The van der Waals surface area contributed by atoms with Crippen LogP contribution in [0, 0.1) is 5.41 Å². The minimum atomic E-state index is -0.773. The average Bonchev–Trinajstić information content (AvgIpc) is 2.59. The van der Waals surface area contributed by atoms with Crippen LogP contribution in [-0.4, -0.2) is 23.9 Å². The number of rotatable bonds is 8. The molecule has 0 spiro atoms. The van der Waals surface area contributed by atoms with Crippen LogP contribution in [-0.2, 0) is 9.59 Å². The van der Waals surface area contributed by atoms with Crippen molar-refractivity contribution in [2.75, 3.05) is 6.54 Å². The van der Waals surface area contributed by atoms with Gasteiger partial charge in [0.25, 0.3) is 0 Å². The van der Waals surface area contributed by atoms with Crippen LogP contribution in [0.15, 0.2) is 58.7 Å². The summed E-state index contributed by atoms with van der Waals surface area (Å²) in [6.45, 7) is 11.4. The molecule has 0 amide bonds. The number of hydrogen-bond acceptors (Lipinski definition) is 3. The zero-order chi connectivity index (χ0) is 21.6. The maximum Gasteiger partial charge on any atom is 0.303 e. The molecule has 1 rings (SSSR count). The highest BCUT2D eigenvalue weighted by Crippen LogP contribution is 2.40. The molecule has 0 aromatic heterocycles. The Balaban J connectivity index is 0.000000887. The fourth-order valence-electron chi connectivity index (χ4n) is 3.05. The van der Waals surface area contributed by atoms with Gasteiger partial charge >= 0.3 is 5.97 Å². The Bertz CT molecular complexity index is 661. The molecule has 0 aromatic rings. The topological polar surface area (TPSA) is 80.4 Å². The van der Waals surface area contributed by atoms with E-state index in [-0.39, 0.29) is 11.8 Å². The van der Waals surface area contributed by atoms with Gasteiger partial charge in [0.2, 0.25) is 0 Å². The van der Waals surface area contributed by atoms with E-state index in [4.69, 9.17) is 10.8 Å². The van der Waals surface area contributed by atoms with Gasteiger partial charge in [-0.3, -0.25) is 9.59 Å². The first-order chi connectivity index (χ1) is 13.1. The summed E-state index contributed by atoms with van der Waals surface area (Å²) < 4.78 is 0. The second-order valence-electron chi connectivity index (χ2n) is 7.87. The summed E-state index contributed by atoms with van der Waals surface area (Å²) in [7, 11) is 0. The average molecular weight is 388 g/mol. The minimum absolute atomic E-state index is 0.191. The number of aliphatic carboxylic acids is 1. The van der Waals surface area contributed by atoms with E-state index in [2.05, 4.69) is 45.9 Å². The van der Waals surface area contributed by atoms with Crippen molar-refractivity contribution >= 4 is 12.3 Å². The Kier molecular flexibility index (Phi) is 12.8. The van der Waals surface area contributed by atoms with Crippen molar-refractivity contribution in [2.45, 2.75) is 66.7 Å². The molecule has 4 heteroatoms. The molecule has 28 heavy (non-hydrogen) atoms. The Labute approximate surface area is 170 Å². The Morgan fingerprint density at radius 1 is 1.18 bits per heavy atom. The van der Waals surface area contributed by atoms with E-state index in [1.54, 1.807) is 6.08 Å². The standard InChI is InChI=1S/C20H28O.C4H9NO2/c1-16(8-6-9-17(2)13-15-21)11-12-19-18(3)10-7-14-20(19,4)5;5-3-1-2-4(6)7/h6,8-9,11-13,15H,7,10,14H2,1-5H3;1-3,5H2,(H,6,7)/b9-6+,12-11+,16-8+,17-13+;. The highest BCUT2D eigenvalue weighted by atomic mass is 16.4. The number of aldehydes is 1. The largest absolute Gasteiger partial charge is 0.481 e. The van der Waals surface area contributed by atoms with Crippen LogP contribution in [0.4, 0.5) is 0 Å². The fourth-order valence-corrected chi connectivity index (χ4v) is 3.05. The lowest BCUT2D eigenvalue weighted by atomic mass is 9.72. The molecule has 156 valence electrons. The zero-order valence-electron chi connectivity index (χ0n) is 18.1. The van der Waals surface area contributed by atoms with Gasteiger partial charge in [-0.15, -0.1) is 0 Å². The predicted molar refractivity (Wildman–Crippen MR) is 118 cm³/mol. The number of carboxylic acid groups (broad SMARTS) is 1. The number of allylic oxidation sites excluding steroid dienone is 10. The molecule has 0 heterocycles. The van der Waals surface area contributed by atoms with Gasteiger partial charge in [0.1, 0.15) is 6.29 Å². The van der Waals surface area contributed by atoms with Crippen molar-refractivity contribution in [3.63, 3.8) is 0 Å². The third-order valence-electron chi connectivity index (χ3n) is 4.70. The molecule has 0 fully saturated rings.